The van der Waals surface area contributed by atoms with Gasteiger partial charge in [0.25, 0.3) is 5.88 Å². The Labute approximate surface area is 453 Å². The van der Waals surface area contributed by atoms with Crippen LogP contribution >= 0.6 is 0 Å². The lowest BCUT2D eigenvalue weighted by Crippen LogP contribution is -2.13. The molecule has 74 heavy (non-hydrogen) atoms. The number of phenolic OH excluding ortho intramolecular Hbond substituents is 2. The first-order chi connectivity index (χ1) is 39.8. The number of rotatable bonds is 9. The van der Waals surface area contributed by atoms with Crippen LogP contribution in [0.4, 0.5) is 0 Å². The highest BCUT2D eigenvalue weighted by Crippen LogP contribution is 2.50. The van der Waals surface area contributed by atoms with Crippen molar-refractivity contribution in [2.75, 3.05) is 0 Å². The Morgan fingerprint density at radius 1 is 0.527 bits per heavy atom. The molecule has 9 aromatic rings. The van der Waals surface area contributed by atoms with Gasteiger partial charge >= 0.3 is 0 Å². The van der Waals surface area contributed by atoms with Crippen LogP contribution in [0.15, 0.2) is 139 Å². The van der Waals surface area contributed by atoms with Gasteiger partial charge in [-0.25, -0.2) is 9.97 Å². The van der Waals surface area contributed by atoms with E-state index in [1.54, 1.807) is 12.1 Å². The largest absolute Gasteiger partial charge is 0.508 e. The predicted molar refractivity (Wildman–Crippen MR) is 304 cm³/mol. The van der Waals surface area contributed by atoms with Crippen LogP contribution in [-0.2, 0) is 16.2 Å². The van der Waals surface area contributed by atoms with E-state index < -0.39 is 89.6 Å². The average molecular weight is 996 g/mol. The van der Waals surface area contributed by atoms with Gasteiger partial charge in [-0.3, -0.25) is 4.57 Å². The molecule has 8 heteroatoms. The summed E-state index contributed by atoms with van der Waals surface area (Å²) in [7, 11) is 0. The van der Waals surface area contributed by atoms with E-state index in [1.807, 2.05) is 80.6 Å². The maximum Gasteiger partial charge on any atom is 0.255 e. The molecule has 2 aromatic heterocycles. The molecule has 0 aliphatic heterocycles. The highest BCUT2D eigenvalue weighted by atomic mass is 16.3. The highest BCUT2D eigenvalue weighted by molar-refractivity contribution is 5.99. The topological polar surface area (TPSA) is 132 Å². The maximum atomic E-state index is 12.5. The number of fused-ring (bicyclic) bond motifs is 1. The molecule has 0 spiro atoms. The van der Waals surface area contributed by atoms with Crippen LogP contribution in [0.5, 0.6) is 28.9 Å². The van der Waals surface area contributed by atoms with Crippen molar-refractivity contribution < 1.29 is 42.0 Å². The minimum atomic E-state index is -4.02. The van der Waals surface area contributed by atoms with Crippen LogP contribution in [0.25, 0.3) is 83.9 Å². The van der Waals surface area contributed by atoms with Gasteiger partial charge in [0, 0.05) is 29.0 Å². The molecule has 0 radical (unpaired) electrons. The van der Waals surface area contributed by atoms with Crippen molar-refractivity contribution in [3.63, 3.8) is 0 Å². The Bertz CT molecular complexity index is 4070. The van der Waals surface area contributed by atoms with Crippen molar-refractivity contribution in [1.82, 2.24) is 14.5 Å². The number of nitrogens with zero attached hydrogens (tertiary/aromatic N) is 3. The Hall–Kier alpha value is -7.84. The molecular formula is C66H69N3O5. The number of aromatic nitrogens is 3. The second kappa shape index (κ2) is 18.9. The minimum absolute atomic E-state index is 0.0635. The number of aromatic hydroxyl groups is 5. The van der Waals surface area contributed by atoms with Crippen LogP contribution in [0, 0.1) is 0 Å². The van der Waals surface area contributed by atoms with Crippen molar-refractivity contribution in [3.05, 3.63) is 167 Å². The Morgan fingerprint density at radius 2 is 1.19 bits per heavy atom. The smallest absolute Gasteiger partial charge is 0.255 e. The monoisotopic (exact) mass is 996 g/mol. The van der Waals surface area contributed by atoms with E-state index in [1.165, 1.54) is 0 Å². The summed E-state index contributed by atoms with van der Waals surface area (Å²) in [6.07, 6.45) is 0. The summed E-state index contributed by atoms with van der Waals surface area (Å²) >= 11 is 0. The molecule has 0 aliphatic rings. The van der Waals surface area contributed by atoms with Gasteiger partial charge in [0.2, 0.25) is 0 Å². The standard InChI is InChI=1S/C66H69N3O5/c1-37(2)42-33-50(38(3)4)59(71)51(34-42)62-67-58-49(20-17-21-53(58)69(62)54-36-47(65(8,9)10)27-28-48(54)40-22-25-46(26-23-40)64(5,6)7)44-30-43(39-18-15-14-16-19-39)31-45(32-44)57-60(72)56(61(73)63(74)68-57)41-24-29-52(55(70)35-41)66(11,12)13/h14-38,70-73H,1-13H3,(H,68,74)/i11D3,12D3,13D3,24D,29D,35D. The molecule has 0 saturated heterocycles. The van der Waals surface area contributed by atoms with Crippen molar-refractivity contribution in [2.45, 2.75) is 118 Å². The minimum Gasteiger partial charge on any atom is -0.508 e. The zero-order chi connectivity index (χ0) is 63.5. The number of benzene rings is 7. The van der Waals surface area contributed by atoms with Crippen LogP contribution in [-0.4, -0.2) is 40.1 Å². The third-order valence-corrected chi connectivity index (χ3v) is 13.7. The molecule has 0 bridgehead atoms. The summed E-state index contributed by atoms with van der Waals surface area (Å²) in [5.41, 5.74) is 2.11. The number of phenols is 2. The summed E-state index contributed by atoms with van der Waals surface area (Å²) < 4.78 is 104. The van der Waals surface area contributed by atoms with Crippen molar-refractivity contribution in [1.29, 1.82) is 0 Å². The van der Waals surface area contributed by atoms with E-state index in [4.69, 9.17) is 21.4 Å². The van der Waals surface area contributed by atoms with Gasteiger partial charge < -0.3 is 25.5 Å². The molecule has 0 aliphatic carbocycles. The second-order valence-electron chi connectivity index (χ2n) is 21.8. The molecule has 378 valence electrons. The van der Waals surface area contributed by atoms with E-state index in [-0.39, 0.29) is 34.0 Å². The van der Waals surface area contributed by atoms with E-state index in [9.17, 15) is 25.5 Å². The fraction of sp³-hybridized carbons (Fsp3) is 0.273. The summed E-state index contributed by atoms with van der Waals surface area (Å²) in [5, 5.41) is 59.9. The third kappa shape index (κ3) is 9.50. The normalized spacial score (nSPS) is 15.2. The van der Waals surface area contributed by atoms with Crippen molar-refractivity contribution in [2.24, 2.45) is 0 Å². The predicted octanol–water partition coefficient (Wildman–Crippen LogP) is 17.1. The van der Waals surface area contributed by atoms with Gasteiger partial charge in [0.15, 0.2) is 11.5 Å². The summed E-state index contributed by atoms with van der Waals surface area (Å²) in [5.74, 6) is -4.56. The van der Waals surface area contributed by atoms with E-state index in [0.717, 1.165) is 39.1 Å². The van der Waals surface area contributed by atoms with Crippen molar-refractivity contribution in [3.8, 4) is 102 Å². The number of para-hydroxylation sites is 1. The Balaban J connectivity index is 1.38. The molecule has 0 unspecified atom stereocenters. The lowest BCUT2D eigenvalue weighted by Gasteiger charge is -2.24. The molecule has 0 fully saturated rings. The molecular weight excluding hydrogens is 915 g/mol. The van der Waals surface area contributed by atoms with Crippen LogP contribution in [0.2, 0.25) is 0 Å². The van der Waals surface area contributed by atoms with E-state index in [2.05, 4.69) is 107 Å². The van der Waals surface area contributed by atoms with Gasteiger partial charge in [-0.2, -0.15) is 0 Å². The molecule has 0 saturated carbocycles. The van der Waals surface area contributed by atoms with Crippen LogP contribution in [0.1, 0.15) is 146 Å². The fourth-order valence-electron chi connectivity index (χ4n) is 9.46. The average Bonchev–Trinajstić information content (AvgIpc) is 0.751. The lowest BCUT2D eigenvalue weighted by molar-refractivity contribution is 0.384. The fourth-order valence-corrected chi connectivity index (χ4v) is 9.46. The van der Waals surface area contributed by atoms with Gasteiger partial charge in [-0.1, -0.05) is 187 Å². The number of imidazole rings is 1. The second-order valence-corrected chi connectivity index (χ2v) is 21.8. The SMILES string of the molecule is [2H]c1c([2H])c(C(C([2H])([2H])[2H])(C([2H])([2H])[2H])C([2H])([2H])[2H])c(O)c([2H])c1-c1c(O)c(O)nc(-c2cc(-c3ccccc3)cc(-c3cccc4c3nc(-c3cc(C(C)C)cc(C(C)C)c3O)n4-c3cc(C(C)(C)C)ccc3-c3ccc(C(C)(C)C)cc3)c2)c1O. The van der Waals surface area contributed by atoms with Crippen molar-refractivity contribution >= 4 is 11.0 Å². The maximum absolute atomic E-state index is 12.5. The van der Waals surface area contributed by atoms with Gasteiger partial charge in [0.05, 0.1) is 32.0 Å². The van der Waals surface area contributed by atoms with Gasteiger partial charge in [-0.05, 0) is 126 Å². The molecule has 0 amide bonds. The summed E-state index contributed by atoms with van der Waals surface area (Å²) in [4.78, 5) is 9.76. The summed E-state index contributed by atoms with van der Waals surface area (Å²) in [6.45, 7) is 9.14. The zero-order valence-electron chi connectivity index (χ0n) is 55.3. The number of hydrogen-bond acceptors (Lipinski definition) is 7. The molecule has 7 aromatic carbocycles. The lowest BCUT2D eigenvalue weighted by atomic mass is 9.84. The first kappa shape index (κ1) is 37.8. The molecule has 8 nitrogen and oxygen atoms in total. The summed E-state index contributed by atoms with van der Waals surface area (Å²) in [6, 6.07) is 34.9. The zero-order valence-corrected chi connectivity index (χ0v) is 43.3. The van der Waals surface area contributed by atoms with Gasteiger partial charge in [-0.15, -0.1) is 0 Å². The number of hydrogen-bond donors (Lipinski definition) is 5. The van der Waals surface area contributed by atoms with Crippen LogP contribution < -0.4 is 0 Å². The highest BCUT2D eigenvalue weighted by Gasteiger charge is 2.29. The van der Waals surface area contributed by atoms with E-state index >= 15 is 0 Å². The van der Waals surface area contributed by atoms with Crippen LogP contribution in [0.3, 0.4) is 0 Å². The first-order valence-electron chi connectivity index (χ1n) is 30.7. The Kier molecular flexibility index (Phi) is 9.66. The first-order valence-corrected chi connectivity index (χ1v) is 24.7. The Morgan fingerprint density at radius 3 is 1.84 bits per heavy atom. The number of pyridine rings is 1. The molecule has 2 heterocycles. The quantitative estimate of drug-likeness (QED) is 0.0973. The molecule has 0 atom stereocenters. The molecule has 9 rings (SSSR count). The van der Waals surface area contributed by atoms with Gasteiger partial charge in [0.1, 0.15) is 23.0 Å². The third-order valence-electron chi connectivity index (χ3n) is 13.7. The molecule has 5 N–H and O–H groups in total. The van der Waals surface area contributed by atoms with E-state index in [0.29, 0.717) is 44.7 Å².